The molecule has 0 N–H and O–H groups in total. The molecule has 5 aromatic carbocycles. The maximum atomic E-state index is 10.4. The van der Waals surface area contributed by atoms with E-state index in [2.05, 4.69) is 138 Å². The first-order chi connectivity index (χ1) is 19.9. The van der Waals surface area contributed by atoms with Crippen LogP contribution in [0.15, 0.2) is 163 Å². The molecule has 0 unspecified atom stereocenters. The lowest BCUT2D eigenvalue weighted by Gasteiger charge is -2.12. The van der Waals surface area contributed by atoms with Gasteiger partial charge in [0.05, 0.1) is 4.90 Å². The van der Waals surface area contributed by atoms with Gasteiger partial charge in [0.2, 0.25) is 17.1 Å². The van der Waals surface area contributed by atoms with E-state index in [4.69, 9.17) is 0 Å². The molecule has 6 rings (SSSR count). The monoisotopic (exact) mass is 555 g/mol. The Morgan fingerprint density at radius 1 is 0.488 bits per heavy atom. The number of para-hydroxylation sites is 1. The van der Waals surface area contributed by atoms with E-state index in [1.807, 2.05) is 6.92 Å². The number of nitrogens with zero attached hydrogens (tertiary/aromatic N) is 1. The maximum Gasteiger partial charge on any atom is 0.219 e. The lowest BCUT2D eigenvalue weighted by molar-refractivity contribution is -0.572. The van der Waals surface area contributed by atoms with Crippen molar-refractivity contribution >= 4 is 10.1 Å². The standard InChI is InChI=1S/C29H22N.C7H8O3S/c1-5-13-23(14-6-1)26-21-28(24-15-7-2-8-16-24)30(27-19-11-4-12-20-27)29(22-26)25-17-9-3-10-18-25;1-6-2-4-7(5-3-6)11(8,9)10/h1-22H;2-5H,1H3,(H,8,9,10)/q+1;/p-1. The minimum absolute atomic E-state index is 0.178. The van der Waals surface area contributed by atoms with Crippen molar-refractivity contribution < 1.29 is 17.5 Å². The highest BCUT2D eigenvalue weighted by molar-refractivity contribution is 7.85. The van der Waals surface area contributed by atoms with Crippen LogP contribution in [-0.4, -0.2) is 13.0 Å². The summed E-state index contributed by atoms with van der Waals surface area (Å²) in [6, 6.07) is 52.8. The van der Waals surface area contributed by atoms with Crippen LogP contribution in [0.3, 0.4) is 0 Å². The first kappa shape index (κ1) is 27.7. The molecule has 4 nitrogen and oxygen atoms in total. The molecule has 0 fully saturated rings. The second kappa shape index (κ2) is 12.6. The van der Waals surface area contributed by atoms with Crippen LogP contribution in [0.4, 0.5) is 0 Å². The Morgan fingerprint density at radius 2 is 0.878 bits per heavy atom. The van der Waals surface area contributed by atoms with Gasteiger partial charge in [0.1, 0.15) is 10.1 Å². The Morgan fingerprint density at radius 3 is 1.29 bits per heavy atom. The van der Waals surface area contributed by atoms with Crippen LogP contribution in [0.5, 0.6) is 0 Å². The molecule has 0 spiro atoms. The van der Waals surface area contributed by atoms with E-state index < -0.39 is 10.1 Å². The van der Waals surface area contributed by atoms with E-state index in [-0.39, 0.29) is 4.90 Å². The molecule has 0 saturated carbocycles. The van der Waals surface area contributed by atoms with Gasteiger partial charge < -0.3 is 4.55 Å². The van der Waals surface area contributed by atoms with Crippen LogP contribution in [0.2, 0.25) is 0 Å². The quantitative estimate of drug-likeness (QED) is 0.161. The van der Waals surface area contributed by atoms with Crippen molar-refractivity contribution in [2.45, 2.75) is 11.8 Å². The summed E-state index contributed by atoms with van der Waals surface area (Å²) in [5.74, 6) is 0. The van der Waals surface area contributed by atoms with Crippen LogP contribution < -0.4 is 4.57 Å². The average molecular weight is 556 g/mol. The molecular weight excluding hydrogens is 526 g/mol. The number of benzene rings is 5. The van der Waals surface area contributed by atoms with E-state index in [9.17, 15) is 13.0 Å². The molecule has 5 heteroatoms. The number of hydrogen-bond acceptors (Lipinski definition) is 3. The summed E-state index contributed by atoms with van der Waals surface area (Å²) in [7, 11) is -4.27. The SMILES string of the molecule is Cc1ccc(S(=O)(=O)[O-])cc1.c1ccc(-c2cc(-c3ccccc3)[n+](-c3ccccc3)c(-c3ccccc3)c2)cc1. The van der Waals surface area contributed by atoms with E-state index in [1.165, 1.54) is 45.8 Å². The van der Waals surface area contributed by atoms with Crippen molar-refractivity contribution in [3.8, 4) is 39.3 Å². The van der Waals surface area contributed by atoms with E-state index >= 15 is 0 Å². The molecule has 0 aliphatic carbocycles. The lowest BCUT2D eigenvalue weighted by Crippen LogP contribution is -2.36. The number of hydrogen-bond donors (Lipinski definition) is 0. The molecule has 1 heterocycles. The molecule has 6 aromatic rings. The summed E-state index contributed by atoms with van der Waals surface area (Å²) < 4.78 is 33.5. The third kappa shape index (κ3) is 6.84. The van der Waals surface area contributed by atoms with Crippen molar-refractivity contribution in [1.29, 1.82) is 0 Å². The van der Waals surface area contributed by atoms with Gasteiger partial charge in [-0.05, 0) is 54.4 Å². The first-order valence-electron chi connectivity index (χ1n) is 13.2. The fraction of sp³-hybridized carbons (Fsp3) is 0.0278. The van der Waals surface area contributed by atoms with Gasteiger partial charge in [-0.15, -0.1) is 0 Å². The third-order valence-electron chi connectivity index (χ3n) is 6.64. The van der Waals surface area contributed by atoms with Crippen molar-refractivity contribution in [3.63, 3.8) is 0 Å². The molecule has 0 saturated heterocycles. The first-order valence-corrected chi connectivity index (χ1v) is 14.7. The summed E-state index contributed by atoms with van der Waals surface area (Å²) in [5, 5.41) is 0. The zero-order chi connectivity index (χ0) is 28.7. The molecule has 0 amide bonds. The minimum atomic E-state index is -4.27. The van der Waals surface area contributed by atoms with Gasteiger partial charge in [-0.3, -0.25) is 0 Å². The number of aromatic nitrogens is 1. The number of rotatable bonds is 5. The predicted molar refractivity (Wildman–Crippen MR) is 163 cm³/mol. The van der Waals surface area contributed by atoms with Crippen molar-refractivity contribution in [3.05, 3.63) is 163 Å². The highest BCUT2D eigenvalue weighted by atomic mass is 32.2. The largest absolute Gasteiger partial charge is 0.744 e. The summed E-state index contributed by atoms with van der Waals surface area (Å²) in [6.07, 6.45) is 0. The minimum Gasteiger partial charge on any atom is -0.744 e. The van der Waals surface area contributed by atoms with Gasteiger partial charge in [0.15, 0.2) is 0 Å². The summed E-state index contributed by atoms with van der Waals surface area (Å²) in [5.41, 5.74) is 9.22. The van der Waals surface area contributed by atoms with Crippen LogP contribution in [0, 0.1) is 6.92 Å². The van der Waals surface area contributed by atoms with E-state index in [0.717, 1.165) is 11.3 Å². The molecule has 41 heavy (non-hydrogen) atoms. The second-order valence-corrected chi connectivity index (χ2v) is 10.9. The molecule has 0 aliphatic rings. The number of aryl methyl sites for hydroxylation is 1. The van der Waals surface area contributed by atoms with Crippen LogP contribution in [-0.2, 0) is 10.1 Å². The highest BCUT2D eigenvalue weighted by Gasteiger charge is 2.24. The predicted octanol–water partition coefficient (Wildman–Crippen LogP) is 7.86. The lowest BCUT2D eigenvalue weighted by atomic mass is 9.98. The van der Waals surface area contributed by atoms with Crippen LogP contribution >= 0.6 is 0 Å². The molecule has 0 atom stereocenters. The van der Waals surface area contributed by atoms with E-state index in [0.29, 0.717) is 0 Å². The van der Waals surface area contributed by atoms with Gasteiger partial charge in [-0.25, -0.2) is 8.42 Å². The van der Waals surface area contributed by atoms with Gasteiger partial charge in [0, 0.05) is 35.4 Å². The molecule has 202 valence electrons. The molecular formula is C36H29NO3S. The fourth-order valence-corrected chi connectivity index (χ4v) is 5.06. The summed E-state index contributed by atoms with van der Waals surface area (Å²) in [6.45, 7) is 1.82. The maximum absolute atomic E-state index is 10.4. The Balaban J connectivity index is 0.000000259. The molecule has 0 aliphatic heterocycles. The average Bonchev–Trinajstić information content (AvgIpc) is 3.02. The fourth-order valence-electron chi connectivity index (χ4n) is 4.60. The second-order valence-electron chi connectivity index (χ2n) is 9.55. The van der Waals surface area contributed by atoms with Gasteiger partial charge >= 0.3 is 0 Å². The number of pyridine rings is 1. The smallest absolute Gasteiger partial charge is 0.219 e. The zero-order valence-electron chi connectivity index (χ0n) is 22.6. The highest BCUT2D eigenvalue weighted by Crippen LogP contribution is 2.30. The molecule has 0 bridgehead atoms. The topological polar surface area (TPSA) is 61.1 Å². The Bertz CT molecular complexity index is 1760. The van der Waals surface area contributed by atoms with Crippen LogP contribution in [0.1, 0.15) is 5.56 Å². The Hall–Kier alpha value is -4.84. The van der Waals surface area contributed by atoms with Gasteiger partial charge in [0.25, 0.3) is 0 Å². The summed E-state index contributed by atoms with van der Waals surface area (Å²) >= 11 is 0. The zero-order valence-corrected chi connectivity index (χ0v) is 23.4. The van der Waals surface area contributed by atoms with Crippen molar-refractivity contribution in [2.75, 3.05) is 0 Å². The Labute approximate surface area is 241 Å². The molecule has 1 aromatic heterocycles. The van der Waals surface area contributed by atoms with Crippen molar-refractivity contribution in [1.82, 2.24) is 0 Å². The normalized spacial score (nSPS) is 10.9. The van der Waals surface area contributed by atoms with Gasteiger partial charge in [-0.2, -0.15) is 4.57 Å². The van der Waals surface area contributed by atoms with Crippen molar-refractivity contribution in [2.24, 2.45) is 0 Å². The van der Waals surface area contributed by atoms with Crippen LogP contribution in [0.25, 0.3) is 39.3 Å². The van der Waals surface area contributed by atoms with E-state index in [1.54, 1.807) is 12.1 Å². The summed E-state index contributed by atoms with van der Waals surface area (Å²) in [4.78, 5) is -0.178. The third-order valence-corrected chi connectivity index (χ3v) is 7.49. The van der Waals surface area contributed by atoms with Gasteiger partial charge in [-0.1, -0.05) is 103 Å². The molecule has 0 radical (unpaired) electrons. The Kier molecular flexibility index (Phi) is 8.49.